The second-order valence-corrected chi connectivity index (χ2v) is 3.97. The van der Waals surface area contributed by atoms with E-state index < -0.39 is 0 Å². The summed E-state index contributed by atoms with van der Waals surface area (Å²) in [4.78, 5) is 15.4. The fourth-order valence-corrected chi connectivity index (χ4v) is 1.80. The summed E-state index contributed by atoms with van der Waals surface area (Å²) < 4.78 is 14.8. The molecule has 0 bridgehead atoms. The molecule has 0 N–H and O–H groups in total. The van der Waals surface area contributed by atoms with E-state index in [1.54, 1.807) is 18.3 Å². The minimum Gasteiger partial charge on any atom is -0.276 e. The van der Waals surface area contributed by atoms with Gasteiger partial charge in [-0.1, -0.05) is 17.7 Å². The first kappa shape index (κ1) is 11.8. The van der Waals surface area contributed by atoms with E-state index >= 15 is 0 Å². The van der Waals surface area contributed by atoms with Crippen LogP contribution in [0.5, 0.6) is 0 Å². The molecule has 0 atom stereocenters. The molecule has 88 valence electrons. The Kier molecular flexibility index (Phi) is 3.54. The Morgan fingerprint density at radius 3 is 2.94 bits per heavy atom. The predicted octanol–water partition coefficient (Wildman–Crippen LogP) is 2.95. The third kappa shape index (κ3) is 2.71. The van der Waals surface area contributed by atoms with Crippen LogP contribution in [-0.4, -0.2) is 15.5 Å². The number of nitrogens with zero attached hydrogens (tertiary/aromatic N) is 2. The van der Waals surface area contributed by atoms with Crippen molar-refractivity contribution in [3.63, 3.8) is 0 Å². The van der Waals surface area contributed by atoms with Crippen LogP contribution in [-0.2, 0) is 6.42 Å². The minimum absolute atomic E-state index is 0.137. The summed E-state index contributed by atoms with van der Waals surface area (Å²) in [5.74, 6) is -0.516. The molecular formula is C12H10ClFN2O. The Morgan fingerprint density at radius 1 is 1.47 bits per heavy atom. The monoisotopic (exact) mass is 252 g/mol. The van der Waals surface area contributed by atoms with Crippen molar-refractivity contribution in [2.75, 3.05) is 0 Å². The fourth-order valence-electron chi connectivity index (χ4n) is 1.54. The van der Waals surface area contributed by atoms with Gasteiger partial charge in [0.15, 0.2) is 0 Å². The lowest BCUT2D eigenvalue weighted by Gasteiger charge is -2.05. The topological polar surface area (TPSA) is 34.9 Å². The summed E-state index contributed by atoms with van der Waals surface area (Å²) in [5, 5.41) is 0.350. The summed E-state index contributed by atoms with van der Waals surface area (Å²) in [6, 6.07) is 4.49. The van der Waals surface area contributed by atoms with Gasteiger partial charge in [0, 0.05) is 29.4 Å². The molecule has 0 aliphatic heterocycles. The Bertz CT molecular complexity index is 505. The Labute approximate surface area is 103 Å². The number of aromatic nitrogens is 2. The standard InChI is InChI=1S/C12H10ClFN2O/c13-10-2-1-3-11(14)9(10)4-5-12(17)16-7-6-15-8-16/h1-3,6-8H,4-5H2. The third-order valence-electron chi connectivity index (χ3n) is 2.44. The maximum absolute atomic E-state index is 13.4. The molecule has 0 saturated carbocycles. The Hall–Kier alpha value is -1.68. The molecule has 0 saturated heterocycles. The minimum atomic E-state index is -0.379. The van der Waals surface area contributed by atoms with E-state index in [1.165, 1.54) is 23.2 Å². The van der Waals surface area contributed by atoms with Crippen LogP contribution >= 0.6 is 11.6 Å². The van der Waals surface area contributed by atoms with Gasteiger partial charge in [0.2, 0.25) is 5.91 Å². The first-order chi connectivity index (χ1) is 8.18. The third-order valence-corrected chi connectivity index (χ3v) is 2.80. The number of hydrogen-bond acceptors (Lipinski definition) is 2. The highest BCUT2D eigenvalue weighted by Gasteiger charge is 2.10. The van der Waals surface area contributed by atoms with E-state index in [0.717, 1.165) is 0 Å². The Morgan fingerprint density at radius 2 is 2.29 bits per heavy atom. The number of rotatable bonds is 3. The number of carbonyl (C=O) groups excluding carboxylic acids is 1. The largest absolute Gasteiger partial charge is 0.276 e. The molecule has 2 aromatic rings. The van der Waals surface area contributed by atoms with Crippen LogP contribution in [0.3, 0.4) is 0 Å². The second-order valence-electron chi connectivity index (χ2n) is 3.56. The molecule has 0 unspecified atom stereocenters. The Balaban J connectivity index is 2.06. The van der Waals surface area contributed by atoms with Gasteiger partial charge in [-0.25, -0.2) is 9.37 Å². The quantitative estimate of drug-likeness (QED) is 0.842. The summed E-state index contributed by atoms with van der Waals surface area (Å²) in [7, 11) is 0. The maximum atomic E-state index is 13.4. The fraction of sp³-hybridized carbons (Fsp3) is 0.167. The number of hydrogen-bond donors (Lipinski definition) is 0. The van der Waals surface area contributed by atoms with Gasteiger partial charge in [-0.3, -0.25) is 9.36 Å². The molecule has 0 amide bonds. The molecule has 3 nitrogen and oxygen atoms in total. The zero-order valence-electron chi connectivity index (χ0n) is 8.94. The van der Waals surface area contributed by atoms with Crippen LogP contribution in [0.25, 0.3) is 0 Å². The average molecular weight is 253 g/mol. The molecule has 0 fully saturated rings. The van der Waals surface area contributed by atoms with Gasteiger partial charge in [0.1, 0.15) is 12.1 Å². The van der Waals surface area contributed by atoms with Crippen molar-refractivity contribution in [2.45, 2.75) is 12.8 Å². The SMILES string of the molecule is O=C(CCc1c(F)cccc1Cl)n1ccnc1. The second kappa shape index (κ2) is 5.10. The first-order valence-electron chi connectivity index (χ1n) is 5.12. The van der Waals surface area contributed by atoms with Gasteiger partial charge < -0.3 is 0 Å². The maximum Gasteiger partial charge on any atom is 0.232 e. The van der Waals surface area contributed by atoms with Crippen molar-refractivity contribution in [3.05, 3.63) is 53.3 Å². The van der Waals surface area contributed by atoms with Crippen LogP contribution in [0, 0.1) is 5.82 Å². The summed E-state index contributed by atoms with van der Waals surface area (Å²) in [6.07, 6.45) is 4.98. The first-order valence-corrected chi connectivity index (χ1v) is 5.50. The van der Waals surface area contributed by atoms with Gasteiger partial charge >= 0.3 is 0 Å². The highest BCUT2D eigenvalue weighted by Crippen LogP contribution is 2.20. The van der Waals surface area contributed by atoms with Crippen molar-refractivity contribution in [1.29, 1.82) is 0 Å². The lowest BCUT2D eigenvalue weighted by Crippen LogP contribution is -2.09. The van der Waals surface area contributed by atoms with Crippen molar-refractivity contribution in [1.82, 2.24) is 9.55 Å². The average Bonchev–Trinajstić information content (AvgIpc) is 2.81. The molecule has 0 spiro atoms. The van der Waals surface area contributed by atoms with E-state index in [1.807, 2.05) is 0 Å². The predicted molar refractivity (Wildman–Crippen MR) is 62.6 cm³/mol. The lowest BCUT2D eigenvalue weighted by molar-refractivity contribution is 0.0902. The molecule has 5 heteroatoms. The lowest BCUT2D eigenvalue weighted by atomic mass is 10.1. The molecule has 1 aromatic carbocycles. The highest BCUT2D eigenvalue weighted by atomic mass is 35.5. The molecule has 2 rings (SSSR count). The zero-order valence-corrected chi connectivity index (χ0v) is 9.69. The molecular weight excluding hydrogens is 243 g/mol. The van der Waals surface area contributed by atoms with E-state index in [4.69, 9.17) is 11.6 Å². The van der Waals surface area contributed by atoms with Crippen LogP contribution in [0.2, 0.25) is 5.02 Å². The van der Waals surface area contributed by atoms with E-state index in [-0.39, 0.29) is 24.6 Å². The summed E-state index contributed by atoms with van der Waals surface area (Å²) in [5.41, 5.74) is 0.377. The number of benzene rings is 1. The van der Waals surface area contributed by atoms with Gasteiger partial charge in [0.25, 0.3) is 0 Å². The highest BCUT2D eigenvalue weighted by molar-refractivity contribution is 6.31. The van der Waals surface area contributed by atoms with Crippen LogP contribution in [0.1, 0.15) is 16.8 Å². The molecule has 17 heavy (non-hydrogen) atoms. The number of halogens is 2. The molecule has 1 aromatic heterocycles. The van der Waals surface area contributed by atoms with E-state index in [0.29, 0.717) is 10.6 Å². The van der Waals surface area contributed by atoms with Crippen molar-refractivity contribution in [2.24, 2.45) is 0 Å². The van der Waals surface area contributed by atoms with E-state index in [2.05, 4.69) is 4.98 Å². The van der Waals surface area contributed by atoms with Gasteiger partial charge in [-0.2, -0.15) is 0 Å². The number of carbonyl (C=O) groups is 1. The number of imidazole rings is 1. The molecule has 0 radical (unpaired) electrons. The smallest absolute Gasteiger partial charge is 0.232 e. The molecule has 1 heterocycles. The zero-order chi connectivity index (χ0) is 12.3. The van der Waals surface area contributed by atoms with E-state index in [9.17, 15) is 9.18 Å². The van der Waals surface area contributed by atoms with Crippen molar-refractivity contribution >= 4 is 17.5 Å². The van der Waals surface area contributed by atoms with Crippen LogP contribution in [0.15, 0.2) is 36.9 Å². The van der Waals surface area contributed by atoms with Gasteiger partial charge in [0.05, 0.1) is 0 Å². The van der Waals surface area contributed by atoms with Crippen molar-refractivity contribution in [3.8, 4) is 0 Å². The van der Waals surface area contributed by atoms with Crippen LogP contribution in [0.4, 0.5) is 4.39 Å². The molecule has 0 aliphatic rings. The normalized spacial score (nSPS) is 10.5. The molecule has 0 aliphatic carbocycles. The van der Waals surface area contributed by atoms with Crippen LogP contribution < -0.4 is 0 Å². The van der Waals surface area contributed by atoms with Crippen molar-refractivity contribution < 1.29 is 9.18 Å². The van der Waals surface area contributed by atoms with Gasteiger partial charge in [-0.05, 0) is 18.6 Å². The summed E-state index contributed by atoms with van der Waals surface area (Å²) >= 11 is 5.87. The summed E-state index contributed by atoms with van der Waals surface area (Å²) in [6.45, 7) is 0. The van der Waals surface area contributed by atoms with Gasteiger partial charge in [-0.15, -0.1) is 0 Å².